The topological polar surface area (TPSA) is 111 Å². The number of aliphatic imine (C=N–C) groups is 1. The molecule has 2 heterocycles. The molecule has 6 rings (SSSR count). The molecule has 1 spiro atoms. The lowest BCUT2D eigenvalue weighted by atomic mass is 9.57. The number of carbonyl (C=O) groups excluding carboxylic acids is 1. The van der Waals surface area contributed by atoms with Crippen molar-refractivity contribution in [2.24, 2.45) is 28.1 Å². The molecule has 4 N–H and O–H groups in total. The molecule has 1 aromatic rings. The van der Waals surface area contributed by atoms with Crippen LogP contribution in [0.15, 0.2) is 29.3 Å². The maximum absolute atomic E-state index is 12.9. The largest absolute Gasteiger partial charge is 0.481 e. The lowest BCUT2D eigenvalue weighted by Crippen LogP contribution is -2.68. The maximum Gasteiger partial charge on any atom is 0.320 e. The van der Waals surface area contributed by atoms with E-state index >= 15 is 0 Å². The molecule has 176 valence electrons. The van der Waals surface area contributed by atoms with Gasteiger partial charge < -0.3 is 20.3 Å². The van der Waals surface area contributed by atoms with Gasteiger partial charge in [0.15, 0.2) is 0 Å². The number of hydrogen-bond acceptors (Lipinski definition) is 4. The minimum Gasteiger partial charge on any atom is -0.481 e. The summed E-state index contributed by atoms with van der Waals surface area (Å²) >= 11 is 0. The van der Waals surface area contributed by atoms with E-state index in [2.05, 4.69) is 10.4 Å². The summed E-state index contributed by atoms with van der Waals surface area (Å²) in [4.78, 5) is 33.0. The number of aliphatic carboxylic acids is 1. The minimum absolute atomic E-state index is 0.152. The van der Waals surface area contributed by atoms with Crippen LogP contribution in [-0.2, 0) is 10.2 Å². The summed E-state index contributed by atoms with van der Waals surface area (Å²) in [6, 6.07) is 8.17. The molecule has 2 amide bonds. The van der Waals surface area contributed by atoms with Gasteiger partial charge in [-0.25, -0.2) is 10.6 Å². The van der Waals surface area contributed by atoms with Crippen molar-refractivity contribution in [2.45, 2.75) is 49.9 Å². The van der Waals surface area contributed by atoms with E-state index in [1.54, 1.807) is 0 Å². The molecule has 2 saturated heterocycles. The third-order valence-electron chi connectivity index (χ3n) is 8.68. The van der Waals surface area contributed by atoms with Gasteiger partial charge in [-0.1, -0.05) is 24.3 Å². The molecule has 2 aliphatic heterocycles. The molecule has 8 nitrogen and oxygen atoms in total. The molecule has 0 unspecified atom stereocenters. The zero-order chi connectivity index (χ0) is 22.8. The molecule has 3 saturated carbocycles. The number of amides is 2. The maximum atomic E-state index is 12.9. The molecule has 3 aliphatic carbocycles. The Labute approximate surface area is 194 Å². The summed E-state index contributed by atoms with van der Waals surface area (Å²) in [5, 5.41) is 9.47. The van der Waals surface area contributed by atoms with E-state index in [0.717, 1.165) is 75.7 Å². The first-order valence-corrected chi connectivity index (χ1v) is 12.3. The van der Waals surface area contributed by atoms with Crippen molar-refractivity contribution in [2.75, 3.05) is 32.7 Å². The van der Waals surface area contributed by atoms with E-state index in [9.17, 15) is 14.7 Å². The molecular weight excluding hydrogens is 418 g/mol. The van der Waals surface area contributed by atoms with Gasteiger partial charge >= 0.3 is 12.0 Å². The normalized spacial score (nSPS) is 25.8. The van der Waals surface area contributed by atoms with Crippen LogP contribution in [0.4, 0.5) is 4.79 Å². The van der Waals surface area contributed by atoms with Gasteiger partial charge in [0.05, 0.1) is 5.41 Å². The molecule has 8 heteroatoms. The van der Waals surface area contributed by atoms with Crippen LogP contribution in [0.1, 0.15) is 55.6 Å². The SMILES string of the molecule is NNC(=NCC1CC1)C1CC2(C1)CN(C(=O)N1CC(c3ccc(C4(C(=O)O)CC4)cc3)C1)C2. The van der Waals surface area contributed by atoms with E-state index in [-0.39, 0.29) is 11.4 Å². The van der Waals surface area contributed by atoms with E-state index in [0.29, 0.717) is 11.8 Å². The van der Waals surface area contributed by atoms with Crippen LogP contribution >= 0.6 is 0 Å². The summed E-state index contributed by atoms with van der Waals surface area (Å²) in [5.74, 6) is 7.45. The molecule has 0 atom stereocenters. The lowest BCUT2D eigenvalue weighted by molar-refractivity contribution is -0.140. The number of hydrogen-bond donors (Lipinski definition) is 3. The molecular formula is C25H33N5O3. The van der Waals surface area contributed by atoms with Crippen molar-refractivity contribution < 1.29 is 14.7 Å². The Morgan fingerprint density at radius 3 is 2.30 bits per heavy atom. The Bertz CT molecular complexity index is 978. The van der Waals surface area contributed by atoms with Gasteiger partial charge in [-0.15, -0.1) is 0 Å². The van der Waals surface area contributed by atoms with Crippen LogP contribution in [0.3, 0.4) is 0 Å². The fourth-order valence-corrected chi connectivity index (χ4v) is 6.03. The highest BCUT2D eigenvalue weighted by atomic mass is 16.4. The summed E-state index contributed by atoms with van der Waals surface area (Å²) in [7, 11) is 0. The number of urea groups is 1. The molecule has 5 fully saturated rings. The van der Waals surface area contributed by atoms with E-state index < -0.39 is 11.4 Å². The van der Waals surface area contributed by atoms with Crippen molar-refractivity contribution in [3.05, 3.63) is 35.4 Å². The van der Waals surface area contributed by atoms with Crippen molar-refractivity contribution >= 4 is 17.8 Å². The van der Waals surface area contributed by atoms with E-state index in [4.69, 9.17) is 5.84 Å². The summed E-state index contributed by atoms with van der Waals surface area (Å²) in [6.07, 6.45) is 6.17. The number of rotatable bonds is 6. The van der Waals surface area contributed by atoms with Crippen molar-refractivity contribution in [3.63, 3.8) is 0 Å². The highest BCUT2D eigenvalue weighted by Crippen LogP contribution is 2.53. The monoisotopic (exact) mass is 451 g/mol. The Morgan fingerprint density at radius 1 is 1.09 bits per heavy atom. The Kier molecular flexibility index (Phi) is 4.73. The van der Waals surface area contributed by atoms with Crippen LogP contribution in [0.2, 0.25) is 0 Å². The fraction of sp³-hybridized carbons (Fsp3) is 0.640. The number of hydrazine groups is 1. The van der Waals surface area contributed by atoms with Gasteiger partial charge in [0.2, 0.25) is 0 Å². The number of likely N-dealkylation sites (tertiary alicyclic amines) is 2. The van der Waals surface area contributed by atoms with Crippen molar-refractivity contribution in [3.8, 4) is 0 Å². The average molecular weight is 452 g/mol. The Balaban J connectivity index is 0.962. The standard InChI is InChI=1S/C25H33N5O3/c26-28-21(27-11-16-1-2-16)18-9-24(10-18)14-30(15-24)23(33)29-12-19(13-29)17-3-5-20(6-4-17)25(7-8-25)22(31)32/h3-6,16,18-19H,1-2,7-15,26H2,(H,27,28)(H,31,32). The van der Waals surface area contributed by atoms with Crippen LogP contribution < -0.4 is 11.3 Å². The first kappa shape index (κ1) is 21.0. The van der Waals surface area contributed by atoms with E-state index in [1.807, 2.05) is 34.1 Å². The van der Waals surface area contributed by atoms with Gasteiger partial charge in [0, 0.05) is 50.0 Å². The smallest absolute Gasteiger partial charge is 0.320 e. The molecule has 5 aliphatic rings. The molecule has 1 aromatic carbocycles. The quantitative estimate of drug-likeness (QED) is 0.266. The number of nitrogens with two attached hydrogens (primary N) is 1. The van der Waals surface area contributed by atoms with Crippen molar-refractivity contribution in [1.29, 1.82) is 0 Å². The minimum atomic E-state index is -0.721. The third kappa shape index (κ3) is 3.59. The third-order valence-corrected chi connectivity index (χ3v) is 8.68. The second-order valence-electron chi connectivity index (χ2n) is 11.2. The second kappa shape index (κ2) is 7.45. The highest BCUT2D eigenvalue weighted by Gasteiger charge is 2.56. The Hall–Kier alpha value is -2.61. The predicted octanol–water partition coefficient (Wildman–Crippen LogP) is 2.31. The highest BCUT2D eigenvalue weighted by molar-refractivity contribution is 5.86. The zero-order valence-corrected chi connectivity index (χ0v) is 19.0. The Morgan fingerprint density at radius 2 is 1.76 bits per heavy atom. The van der Waals surface area contributed by atoms with Gasteiger partial charge in [0.1, 0.15) is 5.84 Å². The fourth-order valence-electron chi connectivity index (χ4n) is 6.03. The van der Waals surface area contributed by atoms with Gasteiger partial charge in [-0.05, 0) is 55.6 Å². The number of nitrogens with one attached hydrogen (secondary N) is 1. The predicted molar refractivity (Wildman–Crippen MR) is 124 cm³/mol. The summed E-state index contributed by atoms with van der Waals surface area (Å²) < 4.78 is 0. The summed E-state index contributed by atoms with van der Waals surface area (Å²) in [6.45, 7) is 4.06. The van der Waals surface area contributed by atoms with Crippen LogP contribution in [0, 0.1) is 17.3 Å². The molecule has 0 bridgehead atoms. The van der Waals surface area contributed by atoms with E-state index in [1.165, 1.54) is 18.4 Å². The summed E-state index contributed by atoms with van der Waals surface area (Å²) in [5.41, 5.74) is 4.52. The number of nitrogens with zero attached hydrogens (tertiary/aromatic N) is 3. The molecule has 0 radical (unpaired) electrons. The van der Waals surface area contributed by atoms with Crippen molar-refractivity contribution in [1.82, 2.24) is 15.2 Å². The number of amidine groups is 1. The van der Waals surface area contributed by atoms with Gasteiger partial charge in [-0.3, -0.25) is 9.79 Å². The van der Waals surface area contributed by atoms with Gasteiger partial charge in [0.25, 0.3) is 0 Å². The number of carbonyl (C=O) groups is 2. The average Bonchev–Trinajstić information content (AvgIpc) is 3.61. The van der Waals surface area contributed by atoms with Crippen LogP contribution in [0.25, 0.3) is 0 Å². The molecule has 0 aromatic heterocycles. The van der Waals surface area contributed by atoms with Crippen LogP contribution in [0.5, 0.6) is 0 Å². The van der Waals surface area contributed by atoms with Gasteiger partial charge in [-0.2, -0.15) is 0 Å². The first-order valence-electron chi connectivity index (χ1n) is 12.3. The number of benzene rings is 1. The number of carboxylic acid groups (broad SMARTS) is 1. The second-order valence-corrected chi connectivity index (χ2v) is 11.2. The lowest BCUT2D eigenvalue weighted by Gasteiger charge is -2.60. The number of carboxylic acids is 1. The molecule has 33 heavy (non-hydrogen) atoms. The zero-order valence-electron chi connectivity index (χ0n) is 19.0. The van der Waals surface area contributed by atoms with Crippen LogP contribution in [-0.4, -0.2) is 65.5 Å². The first-order chi connectivity index (χ1) is 15.9.